The predicted molar refractivity (Wildman–Crippen MR) is 412 cm³/mol. The number of likely N-dealkylation sites (tertiary alicyclic amines) is 2. The molecule has 616 valence electrons. The van der Waals surface area contributed by atoms with Crippen molar-refractivity contribution in [1.82, 2.24) is 66.0 Å². The molecule has 5 heterocycles. The van der Waals surface area contributed by atoms with Crippen LogP contribution >= 0.6 is 0 Å². The average molecular weight is 1560 g/mol. The fourth-order valence-electron chi connectivity index (χ4n) is 21.6. The molecule has 4 aliphatic heterocycles. The molecule has 0 radical (unpaired) electrons. The van der Waals surface area contributed by atoms with Crippen LogP contribution in [0.5, 0.6) is 0 Å². The lowest BCUT2D eigenvalue weighted by Crippen LogP contribution is -2.56. The molecule has 30 nitrogen and oxygen atoms in total. The van der Waals surface area contributed by atoms with Crippen molar-refractivity contribution in [3.05, 3.63) is 46.6 Å². The number of fused-ring (bicyclic) bond motifs is 10. The number of terminal acetylenes is 1. The Kier molecular flexibility index (Phi) is 30.5. The third kappa shape index (κ3) is 19.5. The van der Waals surface area contributed by atoms with Crippen LogP contribution in [0.25, 0.3) is 10.4 Å². The number of aromatic nitrogens is 3. The molecule has 1 aromatic rings. The summed E-state index contributed by atoms with van der Waals surface area (Å²) in [7, 11) is 0. The Hall–Kier alpha value is -7.65. The molecule has 112 heavy (non-hydrogen) atoms. The fourth-order valence-corrected chi connectivity index (χ4v) is 21.6. The number of aliphatic hydroxyl groups excluding tert-OH is 2. The van der Waals surface area contributed by atoms with Gasteiger partial charge in [0.1, 0.15) is 5.69 Å². The van der Waals surface area contributed by atoms with E-state index < -0.39 is 5.54 Å². The summed E-state index contributed by atoms with van der Waals surface area (Å²) in [5.41, 5.74) is 7.61. The number of carbonyl (C=O) groups excluding carboxylic acids is 10. The molecule has 10 atom stereocenters. The van der Waals surface area contributed by atoms with E-state index in [2.05, 4.69) is 71.8 Å². The molecule has 12 aliphatic rings. The van der Waals surface area contributed by atoms with Crippen molar-refractivity contribution < 1.29 is 68.6 Å². The maximum atomic E-state index is 13.7. The maximum Gasteiger partial charge on any atom is 0.233 e. The highest BCUT2D eigenvalue weighted by Crippen LogP contribution is 2.58. The first-order valence-electron chi connectivity index (χ1n) is 42.5. The number of unbranched alkanes of at least 4 members (excludes halogenated alkanes) is 4. The van der Waals surface area contributed by atoms with Crippen molar-refractivity contribution in [2.75, 3.05) is 78.7 Å². The van der Waals surface area contributed by atoms with Gasteiger partial charge in [-0.05, 0) is 145 Å². The van der Waals surface area contributed by atoms with E-state index >= 15 is 0 Å². The summed E-state index contributed by atoms with van der Waals surface area (Å²) in [5.74, 6) is 1.46. The number of hydrogen-bond acceptors (Lipinski definition) is 19. The number of hydroxylamine groups is 4. The van der Waals surface area contributed by atoms with Crippen LogP contribution < -0.4 is 21.3 Å². The van der Waals surface area contributed by atoms with Crippen molar-refractivity contribution in [2.45, 2.75) is 266 Å². The average Bonchev–Trinajstić information content (AvgIpc) is 1.61. The highest BCUT2D eigenvalue weighted by Gasteiger charge is 2.65. The smallest absolute Gasteiger partial charge is 0.233 e. The minimum absolute atomic E-state index is 0.0254. The SMILES string of the molecule is C#CCN(CCC(=O)NCCO)C(=O)CCCCCN1C(=O)[C@@H]2[C@H](C1=O)[C@H]1C=C[C@@H]2C1.O=C(CCN(Cc1cn(CCCNC(=O)C2CC3(CCCCC3)N(O)C23CCCCC3)nn1)C(=O)CCCCCN1C(=O)[C@@H]2[C@H](C1=O)[C@H]1C=C[C@@H]2C1)NCCO.[N-]=[N+]=NCCCNC(=O)C1CC2(CCCCC2)N(O)C12CCCCC2. The van der Waals surface area contributed by atoms with Gasteiger partial charge in [0.25, 0.3) is 0 Å². The van der Waals surface area contributed by atoms with Gasteiger partial charge in [-0.15, -0.1) is 11.5 Å². The number of imide groups is 2. The molecule has 10 fully saturated rings. The second-order valence-electron chi connectivity index (χ2n) is 34.0. The first kappa shape index (κ1) is 85.2. The van der Waals surface area contributed by atoms with Gasteiger partial charge in [-0.2, -0.15) is 10.1 Å². The third-order valence-corrected chi connectivity index (χ3v) is 27.2. The normalized spacial score (nSPS) is 27.0. The quantitative estimate of drug-likeness (QED) is 0.00627. The van der Waals surface area contributed by atoms with Crippen LogP contribution in [0.4, 0.5) is 0 Å². The van der Waals surface area contributed by atoms with Gasteiger partial charge in [0.2, 0.25) is 59.1 Å². The van der Waals surface area contributed by atoms with E-state index in [4.69, 9.17) is 22.2 Å². The maximum absolute atomic E-state index is 13.7. The molecule has 8 N–H and O–H groups in total. The highest BCUT2D eigenvalue weighted by atomic mass is 16.5. The van der Waals surface area contributed by atoms with Gasteiger partial charge in [0.05, 0.1) is 79.1 Å². The topological polar surface area (TPSA) is 399 Å². The number of aliphatic hydroxyl groups is 2. The number of nitrogens with zero attached hydrogens (tertiary/aromatic N) is 12. The molecule has 30 heteroatoms. The lowest BCUT2D eigenvalue weighted by molar-refractivity contribution is -0.231. The monoisotopic (exact) mass is 1560 g/mol. The van der Waals surface area contributed by atoms with Crippen LogP contribution in [-0.2, 0) is 61.0 Å². The first-order chi connectivity index (χ1) is 54.3. The zero-order chi connectivity index (χ0) is 79.4. The van der Waals surface area contributed by atoms with Crippen LogP contribution in [0, 0.1) is 71.5 Å². The Morgan fingerprint density at radius 1 is 0.527 bits per heavy atom. The Balaban J connectivity index is 0.000000186. The summed E-state index contributed by atoms with van der Waals surface area (Å²) < 4.78 is 1.71. The standard InChI is InChI=1S/C41H62N8O7.C23H31N3O5.C18H31N5O2/c50-24-20-42-33(51)14-23-46(34(52)11-4-1-9-22-48-38(54)35-29-12-13-30(25-29)36(35)39(48)55)27-31-28-47(45-44-31)21-10-19-43-37(53)32-26-40(15-5-2-6-16-40)49(56)41(32)17-7-3-8-18-41;1-2-11-25(13-9-18(28)24-10-14-27)19(29)6-4-3-5-12-26-22(30)20-16-7-8-17(15-16)21(20)23(26)31;19-22-21-13-7-12-20-16(24)15-14-17(8-3-1-4-9-17)23(25)18(15)10-5-2-6-11-18/h12-13,28-30,32,35-36,50,56H,1-11,14-27H2,(H,42,51)(H,43,53);1,7-8,16-17,20-21,27H,3-6,9-15H2,(H,24,28);15,25H,1-14H2,(H,20,24)/t29-,30+,32?,35+,36-;16-,17+,20+,21-;. The molecular weight excluding hydrogens is 1430 g/mol. The third-order valence-electron chi connectivity index (χ3n) is 27.2. The lowest BCUT2D eigenvalue weighted by Gasteiger charge is -2.47. The van der Waals surface area contributed by atoms with Gasteiger partial charge in [0, 0.05) is 107 Å². The minimum atomic E-state index is -0.463. The van der Waals surface area contributed by atoms with Crippen molar-refractivity contribution in [3.63, 3.8) is 0 Å². The summed E-state index contributed by atoms with van der Waals surface area (Å²) >= 11 is 0. The van der Waals surface area contributed by atoms with Gasteiger partial charge in [0.15, 0.2) is 0 Å². The van der Waals surface area contributed by atoms with Crippen molar-refractivity contribution in [1.29, 1.82) is 0 Å². The zero-order valence-corrected chi connectivity index (χ0v) is 65.8. The molecule has 13 rings (SSSR count). The Morgan fingerprint density at radius 3 is 1.36 bits per heavy atom. The summed E-state index contributed by atoms with van der Waals surface area (Å²) in [6.07, 6.45) is 45.8. The summed E-state index contributed by atoms with van der Waals surface area (Å²) in [6, 6.07) is 0. The molecule has 6 saturated carbocycles. The van der Waals surface area contributed by atoms with E-state index in [9.17, 15) is 58.4 Å². The number of carbonyl (C=O) groups is 10. The molecule has 0 aromatic carbocycles. The van der Waals surface area contributed by atoms with E-state index in [0.717, 1.165) is 141 Å². The lowest BCUT2D eigenvalue weighted by atomic mass is 9.72. The van der Waals surface area contributed by atoms with Crippen LogP contribution in [0.1, 0.15) is 237 Å². The first-order valence-corrected chi connectivity index (χ1v) is 42.5. The second kappa shape index (κ2) is 40.1. The molecular formula is C82H124N16O14. The van der Waals surface area contributed by atoms with Crippen molar-refractivity contribution >= 4 is 59.1 Å². The Bertz CT molecular complexity index is 3540. The summed E-state index contributed by atoms with van der Waals surface area (Å²) in [5, 5.41) is 67.5. The Morgan fingerprint density at radius 2 is 0.938 bits per heavy atom. The number of amides is 10. The summed E-state index contributed by atoms with van der Waals surface area (Å²) in [4.78, 5) is 137. The van der Waals surface area contributed by atoms with Gasteiger partial charge in [-0.3, -0.25) is 62.4 Å². The molecule has 4 bridgehead atoms. The number of azide groups is 1. The highest BCUT2D eigenvalue weighted by molar-refractivity contribution is 6.07. The predicted octanol–water partition coefficient (Wildman–Crippen LogP) is 7.33. The van der Waals surface area contributed by atoms with E-state index in [-0.39, 0.29) is 207 Å². The van der Waals surface area contributed by atoms with E-state index in [1.807, 2.05) is 0 Å². The number of hydrogen-bond donors (Lipinski definition) is 8. The number of rotatable bonds is 35. The fraction of sp³-hybridized carbons (Fsp3) is 0.780. The van der Waals surface area contributed by atoms with E-state index in [0.29, 0.717) is 96.3 Å². The number of aryl methyl sites for hydroxylation is 1. The van der Waals surface area contributed by atoms with Crippen LogP contribution in [0.2, 0.25) is 0 Å². The zero-order valence-electron chi connectivity index (χ0n) is 65.8. The molecule has 2 unspecified atom stereocenters. The van der Waals surface area contributed by atoms with Crippen molar-refractivity contribution in [3.8, 4) is 12.3 Å². The van der Waals surface area contributed by atoms with Crippen LogP contribution in [0.3, 0.4) is 0 Å². The van der Waals surface area contributed by atoms with Gasteiger partial charge in [-0.25, -0.2) is 0 Å². The van der Waals surface area contributed by atoms with Gasteiger partial charge in [-0.1, -0.05) is 130 Å². The molecule has 4 saturated heterocycles. The Labute approximate surface area is 659 Å². The van der Waals surface area contributed by atoms with Gasteiger partial charge >= 0.3 is 0 Å². The second-order valence-corrected chi connectivity index (χ2v) is 34.0. The minimum Gasteiger partial charge on any atom is -0.395 e. The van der Waals surface area contributed by atoms with Gasteiger partial charge < -0.3 is 51.7 Å². The van der Waals surface area contributed by atoms with Crippen molar-refractivity contribution in [2.24, 2.45) is 64.3 Å². The van der Waals surface area contributed by atoms with Crippen LogP contribution in [-0.4, -0.2) is 225 Å². The number of allylic oxidation sites excluding steroid dienone is 4. The molecule has 1 aromatic heterocycles. The van der Waals surface area contributed by atoms with E-state index in [1.165, 1.54) is 34.0 Å². The van der Waals surface area contributed by atoms with Crippen LogP contribution in [0.15, 0.2) is 35.6 Å². The molecule has 4 spiro atoms. The summed E-state index contributed by atoms with van der Waals surface area (Å²) in [6.45, 7) is 3.50. The molecule has 8 aliphatic carbocycles. The molecule has 10 amide bonds. The van der Waals surface area contributed by atoms with E-state index in [1.54, 1.807) is 25.9 Å². The number of nitrogens with one attached hydrogen (secondary N) is 4. The largest absolute Gasteiger partial charge is 0.395 e.